The second-order valence-corrected chi connectivity index (χ2v) is 7.24. The fraction of sp³-hybridized carbons (Fsp3) is 0.345. The van der Waals surface area contributed by atoms with Crippen LogP contribution in [0.1, 0.15) is 30.3 Å². The number of carbonyl (C=O) groups excluding carboxylic acids is 1. The molecule has 0 bridgehead atoms. The largest absolute Gasteiger partial charge is 0.497 e. The van der Waals surface area contributed by atoms with Crippen molar-refractivity contribution >= 4 is 5.78 Å². The van der Waals surface area contributed by atoms with Crippen LogP contribution >= 0.6 is 0 Å². The van der Waals surface area contributed by atoms with Gasteiger partial charge in [-0.2, -0.15) is 0 Å². The number of hydrogen-bond donors (Lipinski definition) is 0. The lowest BCUT2D eigenvalue weighted by Crippen LogP contribution is -2.37. The summed E-state index contributed by atoms with van der Waals surface area (Å²) in [6, 6.07) is 29.2. The Hall–Kier alpha value is -2.99. The molecule has 0 aliphatic carbocycles. The molecule has 3 aromatic carbocycles. The van der Waals surface area contributed by atoms with Crippen LogP contribution in [0, 0.1) is 6.92 Å². The minimum atomic E-state index is 0. The molecular formula is C29H41NO4. The van der Waals surface area contributed by atoms with Gasteiger partial charge in [-0.15, -0.1) is 0 Å². The maximum Gasteiger partial charge on any atom is 0.159 e. The molecule has 0 atom stereocenters. The molecule has 1 aliphatic heterocycles. The van der Waals surface area contributed by atoms with Gasteiger partial charge >= 0.3 is 0 Å². The van der Waals surface area contributed by atoms with Gasteiger partial charge in [0.1, 0.15) is 5.75 Å². The minimum Gasteiger partial charge on any atom is -0.497 e. The molecular weight excluding hydrogens is 426 g/mol. The summed E-state index contributed by atoms with van der Waals surface area (Å²) in [5.41, 5.74) is 2.10. The third-order valence-corrected chi connectivity index (χ3v) is 4.52. The number of morpholine rings is 1. The molecule has 1 saturated heterocycles. The van der Waals surface area contributed by atoms with E-state index in [1.807, 2.05) is 78.9 Å². The summed E-state index contributed by atoms with van der Waals surface area (Å²) in [7, 11) is 3.38. The second kappa shape index (κ2) is 20.6. The quantitative estimate of drug-likeness (QED) is 0.432. The number of rotatable bonds is 4. The van der Waals surface area contributed by atoms with Gasteiger partial charge in [-0.25, -0.2) is 0 Å². The molecule has 0 unspecified atom stereocenters. The summed E-state index contributed by atoms with van der Waals surface area (Å²) in [4.78, 5) is 12.9. The highest BCUT2D eigenvalue weighted by molar-refractivity contribution is 5.93. The van der Waals surface area contributed by atoms with Gasteiger partial charge in [0, 0.05) is 25.8 Å². The Balaban J connectivity index is 0.000000425. The Morgan fingerprint density at radius 2 is 1.29 bits per heavy atom. The summed E-state index contributed by atoms with van der Waals surface area (Å²) in [5, 5.41) is 0. The predicted octanol–water partition coefficient (Wildman–Crippen LogP) is 6.14. The number of para-hydroxylation sites is 1. The third kappa shape index (κ3) is 15.8. The molecule has 5 nitrogen and oxygen atoms in total. The van der Waals surface area contributed by atoms with Crippen molar-refractivity contribution in [3.8, 4) is 5.75 Å². The van der Waals surface area contributed by atoms with Gasteiger partial charge in [0.25, 0.3) is 0 Å². The molecule has 0 aromatic heterocycles. The number of hydrogen-bond acceptors (Lipinski definition) is 5. The van der Waals surface area contributed by atoms with Crippen molar-refractivity contribution in [3.63, 3.8) is 0 Å². The minimum absolute atomic E-state index is 0. The van der Waals surface area contributed by atoms with Gasteiger partial charge in [0.2, 0.25) is 0 Å². The van der Waals surface area contributed by atoms with E-state index in [0.29, 0.717) is 0 Å². The number of nitrogens with zero attached hydrogens (tertiary/aromatic N) is 1. The van der Waals surface area contributed by atoms with Crippen molar-refractivity contribution in [2.24, 2.45) is 0 Å². The first-order valence-electron chi connectivity index (χ1n) is 11.0. The van der Waals surface area contributed by atoms with Gasteiger partial charge in [-0.1, -0.05) is 91.9 Å². The first-order valence-corrected chi connectivity index (χ1v) is 11.0. The maximum atomic E-state index is 10.6. The monoisotopic (exact) mass is 467 g/mol. The van der Waals surface area contributed by atoms with Crippen LogP contribution in [0.3, 0.4) is 0 Å². The van der Waals surface area contributed by atoms with Crippen molar-refractivity contribution in [1.29, 1.82) is 0 Å². The first kappa shape index (κ1) is 31.0. The highest BCUT2D eigenvalue weighted by atomic mass is 16.5. The molecule has 0 N–H and O–H groups in total. The highest BCUT2D eigenvalue weighted by Gasteiger charge is 2.07. The third-order valence-electron chi connectivity index (χ3n) is 4.52. The molecule has 0 amide bonds. The van der Waals surface area contributed by atoms with Gasteiger partial charge in [-0.05, 0) is 26.0 Å². The van der Waals surface area contributed by atoms with E-state index in [1.165, 1.54) is 5.56 Å². The Kier molecular flexibility index (Phi) is 18.8. The van der Waals surface area contributed by atoms with Crippen molar-refractivity contribution in [2.45, 2.75) is 21.3 Å². The van der Waals surface area contributed by atoms with E-state index in [-0.39, 0.29) is 13.2 Å². The van der Waals surface area contributed by atoms with Crippen LogP contribution in [0.4, 0.5) is 0 Å². The van der Waals surface area contributed by atoms with Crippen LogP contribution in [0.5, 0.6) is 5.75 Å². The molecule has 1 heterocycles. The lowest BCUT2D eigenvalue weighted by Gasteiger charge is -2.25. The van der Waals surface area contributed by atoms with Gasteiger partial charge in [0.15, 0.2) is 5.78 Å². The molecule has 0 spiro atoms. The van der Waals surface area contributed by atoms with E-state index < -0.39 is 0 Å². The number of ketones is 1. The molecule has 5 heteroatoms. The SMILES string of the molecule is C.CC(=O)c1ccccc1.COCN1CCOCC1.COc1ccccc1.Cc1ccccc1. The number of aryl methyl sites for hydroxylation is 1. The van der Waals surface area contributed by atoms with E-state index >= 15 is 0 Å². The number of benzene rings is 3. The second-order valence-electron chi connectivity index (χ2n) is 7.24. The number of carbonyl (C=O) groups is 1. The lowest BCUT2D eigenvalue weighted by atomic mass is 10.2. The van der Waals surface area contributed by atoms with Crippen LogP contribution in [0.25, 0.3) is 0 Å². The van der Waals surface area contributed by atoms with Crippen molar-refractivity contribution < 1.29 is 19.0 Å². The van der Waals surface area contributed by atoms with Gasteiger partial charge in [0.05, 0.1) is 27.1 Å². The summed E-state index contributed by atoms with van der Waals surface area (Å²) < 4.78 is 15.0. The highest BCUT2D eigenvalue weighted by Crippen LogP contribution is 2.05. The smallest absolute Gasteiger partial charge is 0.159 e. The molecule has 1 fully saturated rings. The van der Waals surface area contributed by atoms with E-state index in [9.17, 15) is 4.79 Å². The summed E-state index contributed by atoms with van der Waals surface area (Å²) in [6.45, 7) is 8.10. The number of ether oxygens (including phenoxy) is 3. The van der Waals surface area contributed by atoms with Crippen LogP contribution in [-0.2, 0) is 9.47 Å². The van der Waals surface area contributed by atoms with Crippen molar-refractivity contribution in [3.05, 3.63) is 102 Å². The van der Waals surface area contributed by atoms with Crippen LogP contribution < -0.4 is 4.74 Å². The zero-order chi connectivity index (χ0) is 24.2. The molecule has 34 heavy (non-hydrogen) atoms. The average Bonchev–Trinajstić information content (AvgIpc) is 2.88. The molecule has 3 aromatic rings. The zero-order valence-corrected chi connectivity index (χ0v) is 20.3. The summed E-state index contributed by atoms with van der Waals surface area (Å²) in [5.74, 6) is 1.03. The number of Topliss-reactive ketones (excluding diaryl/α,β-unsaturated/α-hetero) is 1. The van der Waals surface area contributed by atoms with E-state index in [0.717, 1.165) is 44.3 Å². The summed E-state index contributed by atoms with van der Waals surface area (Å²) in [6.07, 6.45) is 0. The summed E-state index contributed by atoms with van der Waals surface area (Å²) >= 11 is 0. The molecule has 4 rings (SSSR count). The van der Waals surface area contributed by atoms with Gasteiger partial charge in [-0.3, -0.25) is 9.69 Å². The van der Waals surface area contributed by atoms with Crippen LogP contribution in [0.15, 0.2) is 91.0 Å². The van der Waals surface area contributed by atoms with Crippen molar-refractivity contribution in [2.75, 3.05) is 47.3 Å². The Bertz CT molecular complexity index is 833. The Morgan fingerprint density at radius 1 is 0.824 bits per heavy atom. The topological polar surface area (TPSA) is 48.0 Å². The Labute approximate surface area is 206 Å². The average molecular weight is 468 g/mol. The molecule has 186 valence electrons. The Morgan fingerprint density at radius 3 is 1.62 bits per heavy atom. The van der Waals surface area contributed by atoms with E-state index in [2.05, 4.69) is 24.0 Å². The normalized spacial score (nSPS) is 12.1. The number of methoxy groups -OCH3 is 2. The molecule has 1 aliphatic rings. The fourth-order valence-corrected chi connectivity index (χ4v) is 2.68. The molecule has 0 radical (unpaired) electrons. The first-order chi connectivity index (χ1) is 16.1. The van der Waals surface area contributed by atoms with Crippen molar-refractivity contribution in [1.82, 2.24) is 4.90 Å². The van der Waals surface area contributed by atoms with E-state index in [4.69, 9.17) is 14.2 Å². The predicted molar refractivity (Wildman–Crippen MR) is 142 cm³/mol. The van der Waals surface area contributed by atoms with Crippen LogP contribution in [0.2, 0.25) is 0 Å². The molecule has 0 saturated carbocycles. The fourth-order valence-electron chi connectivity index (χ4n) is 2.68. The van der Waals surface area contributed by atoms with Crippen LogP contribution in [-0.4, -0.2) is 57.9 Å². The maximum absolute atomic E-state index is 10.6. The van der Waals surface area contributed by atoms with E-state index in [1.54, 1.807) is 21.1 Å². The van der Waals surface area contributed by atoms with Gasteiger partial charge < -0.3 is 14.2 Å². The zero-order valence-electron chi connectivity index (χ0n) is 20.3. The standard InChI is InChI=1S/C8H8O.C7H8O.C7H8.C6H13NO2.CH4/c1-7(9)8-5-3-2-4-6-8;1-8-7-5-3-2-4-6-7;1-7-5-3-2-4-6-7;1-8-6-7-2-4-9-5-3-7;/h2-6H,1H3;2-6H,1H3;2-6H,1H3;2-6H2,1H3;1H4. The lowest BCUT2D eigenvalue weighted by molar-refractivity contribution is -0.0178.